The van der Waals surface area contributed by atoms with Crippen LogP contribution in [0.1, 0.15) is 5.56 Å². The van der Waals surface area contributed by atoms with Gasteiger partial charge in [-0.25, -0.2) is 10.8 Å². The second-order valence-electron chi connectivity index (χ2n) is 3.57. The number of aryl methyl sites for hydroxylation is 1. The molecule has 0 fully saturated rings. The van der Waals surface area contributed by atoms with Crippen LogP contribution in [0.15, 0.2) is 34.3 Å². The number of nitrogens with one attached hydrogen (secondary N) is 1. The monoisotopic (exact) mass is 267 g/mol. The first kappa shape index (κ1) is 11.4. The number of nitrogens with zero attached hydrogens (tertiary/aromatic N) is 1. The van der Waals surface area contributed by atoms with Crippen molar-refractivity contribution in [3.05, 3.63) is 29.8 Å². The standard InChI is InChI=1S/C11H10N2O4S/c1-6-9-4-7(18-17-16-15)5-11(14)8(9)2-3-10(6)13-12/h2-5,12,14-15H,1H3/b13-12+/i/hD. The van der Waals surface area contributed by atoms with E-state index < -0.39 is 0 Å². The van der Waals surface area contributed by atoms with E-state index in [1.165, 1.54) is 6.07 Å². The lowest BCUT2D eigenvalue weighted by molar-refractivity contribution is -0.432. The van der Waals surface area contributed by atoms with Crippen molar-refractivity contribution in [2.45, 2.75) is 11.8 Å². The molecule has 6 nitrogen and oxygen atoms in total. The molecule has 2 aromatic carbocycles. The largest absolute Gasteiger partial charge is 0.507 e. The Hall–Kier alpha value is -1.67. The maximum Gasteiger partial charge on any atom is 0.214 e. The summed E-state index contributed by atoms with van der Waals surface area (Å²) in [4.78, 5) is 0.544. The fraction of sp³-hybridized carbons (Fsp3) is 0.0909. The Morgan fingerprint density at radius 2 is 2.22 bits per heavy atom. The first-order valence-corrected chi connectivity index (χ1v) is 5.67. The molecular formula is C11H10N2O4S. The predicted octanol–water partition coefficient (Wildman–Crippen LogP) is 3.94. The van der Waals surface area contributed by atoms with Gasteiger partial charge in [-0.05, 0) is 42.1 Å². The lowest BCUT2D eigenvalue weighted by Crippen LogP contribution is -1.84. The normalized spacial score (nSPS) is 12.2. The molecule has 0 aliphatic rings. The molecule has 2 aromatic rings. The van der Waals surface area contributed by atoms with Crippen molar-refractivity contribution in [3.8, 4) is 5.75 Å². The molecule has 0 aliphatic carbocycles. The molecule has 0 aromatic heterocycles. The first-order chi connectivity index (χ1) is 9.17. The Labute approximate surface area is 108 Å². The highest BCUT2D eigenvalue weighted by molar-refractivity contribution is 7.94. The Kier molecular flexibility index (Phi) is 3.37. The lowest BCUT2D eigenvalue weighted by Gasteiger charge is -2.08. The average Bonchev–Trinajstić information content (AvgIpc) is 2.40. The van der Waals surface area contributed by atoms with Gasteiger partial charge < -0.3 is 5.11 Å². The Morgan fingerprint density at radius 1 is 1.39 bits per heavy atom. The summed E-state index contributed by atoms with van der Waals surface area (Å²) >= 11 is 0.754. The zero-order valence-electron chi connectivity index (χ0n) is 10.3. The molecule has 0 radical (unpaired) electrons. The van der Waals surface area contributed by atoms with E-state index in [2.05, 4.69) is 20.0 Å². The van der Waals surface area contributed by atoms with Crippen LogP contribution >= 0.6 is 12.0 Å². The third-order valence-electron chi connectivity index (χ3n) is 2.60. The van der Waals surface area contributed by atoms with Crippen molar-refractivity contribution in [2.75, 3.05) is 0 Å². The minimum atomic E-state index is 0.0685. The molecule has 94 valence electrons. The van der Waals surface area contributed by atoms with Crippen LogP contribution < -0.4 is 0 Å². The van der Waals surface area contributed by atoms with Gasteiger partial charge in [-0.15, -0.1) is 4.33 Å². The Morgan fingerprint density at radius 3 is 2.94 bits per heavy atom. The molecule has 0 saturated carbocycles. The summed E-state index contributed by atoms with van der Waals surface area (Å²) in [6.07, 6.45) is 0. The molecule has 7 heteroatoms. The fourth-order valence-corrected chi connectivity index (χ4v) is 2.17. The van der Waals surface area contributed by atoms with E-state index >= 15 is 0 Å². The molecule has 0 spiro atoms. The van der Waals surface area contributed by atoms with Gasteiger partial charge in [0.25, 0.3) is 0 Å². The summed E-state index contributed by atoms with van der Waals surface area (Å²) in [5, 5.41) is 26.6. The van der Waals surface area contributed by atoms with Gasteiger partial charge in [-0.3, -0.25) is 0 Å². The van der Waals surface area contributed by atoms with Crippen molar-refractivity contribution in [1.29, 1.82) is 5.52 Å². The number of benzene rings is 2. The molecule has 0 amide bonds. The molecule has 0 bridgehead atoms. The van der Waals surface area contributed by atoms with Crippen LogP contribution in [-0.2, 0) is 9.37 Å². The van der Waals surface area contributed by atoms with Crippen LogP contribution in [0.4, 0.5) is 5.69 Å². The Balaban J connectivity index is 2.59. The minimum Gasteiger partial charge on any atom is -0.507 e. The average molecular weight is 267 g/mol. The highest BCUT2D eigenvalue weighted by Crippen LogP contribution is 2.36. The highest BCUT2D eigenvalue weighted by atomic mass is 32.2. The van der Waals surface area contributed by atoms with E-state index in [1.807, 2.05) is 6.92 Å². The number of rotatable bonds is 4. The molecule has 0 heterocycles. The van der Waals surface area contributed by atoms with Crippen LogP contribution in [0.2, 0.25) is 1.41 Å². The molecule has 18 heavy (non-hydrogen) atoms. The van der Waals surface area contributed by atoms with Crippen LogP contribution in [0.3, 0.4) is 0 Å². The number of hydrogen-bond donors (Lipinski definition) is 3. The van der Waals surface area contributed by atoms with Crippen LogP contribution in [-0.4, -0.2) is 10.4 Å². The Bertz CT molecular complexity index is 636. The van der Waals surface area contributed by atoms with E-state index in [0.29, 0.717) is 16.0 Å². The van der Waals surface area contributed by atoms with Gasteiger partial charge in [0.2, 0.25) is 1.41 Å². The van der Waals surface area contributed by atoms with Crippen molar-refractivity contribution in [1.82, 2.24) is 0 Å². The van der Waals surface area contributed by atoms with Crippen molar-refractivity contribution >= 4 is 28.5 Å². The highest BCUT2D eigenvalue weighted by Gasteiger charge is 2.09. The van der Waals surface area contributed by atoms with Crippen molar-refractivity contribution in [3.63, 3.8) is 0 Å². The second-order valence-corrected chi connectivity index (χ2v) is 4.35. The summed E-state index contributed by atoms with van der Waals surface area (Å²) in [7, 11) is 0. The maximum atomic E-state index is 9.93. The van der Waals surface area contributed by atoms with Crippen molar-refractivity contribution < 1.29 is 21.1 Å². The molecule has 3 N–H and O–H groups in total. The molecule has 0 aliphatic heterocycles. The summed E-state index contributed by atoms with van der Waals surface area (Å²) in [6, 6.07) is 6.60. The summed E-state index contributed by atoms with van der Waals surface area (Å²) in [6.45, 7) is 1.81. The van der Waals surface area contributed by atoms with E-state index in [9.17, 15) is 5.11 Å². The van der Waals surface area contributed by atoms with Gasteiger partial charge in [0.1, 0.15) is 5.75 Å². The maximum absolute atomic E-state index is 9.93. The van der Waals surface area contributed by atoms with Gasteiger partial charge in [-0.2, -0.15) is 5.11 Å². The zero-order chi connectivity index (χ0) is 13.8. The van der Waals surface area contributed by atoms with Gasteiger partial charge in [0, 0.05) is 10.3 Å². The number of phenolic OH excluding ortho intramolecular Hbond substituents is 1. The lowest BCUT2D eigenvalue weighted by atomic mass is 10.0. The molecule has 0 unspecified atom stereocenters. The van der Waals surface area contributed by atoms with Crippen LogP contribution in [0.25, 0.3) is 10.8 Å². The van der Waals surface area contributed by atoms with Crippen molar-refractivity contribution in [2.24, 2.45) is 5.11 Å². The SMILES string of the molecule is [2H]/N=N/c1ccc2c(O)cc(SOOO)cc2c1C. The summed E-state index contributed by atoms with van der Waals surface area (Å²) in [5.74, 6) is 0.0685. The fourth-order valence-electron chi connectivity index (χ4n) is 1.73. The van der Waals surface area contributed by atoms with E-state index in [0.717, 1.165) is 23.0 Å². The van der Waals surface area contributed by atoms with Gasteiger partial charge >= 0.3 is 0 Å². The first-order valence-electron chi connectivity index (χ1n) is 5.38. The number of aromatic hydroxyl groups is 1. The number of fused-ring (bicyclic) bond motifs is 1. The van der Waals surface area contributed by atoms with Gasteiger partial charge in [0.05, 0.1) is 17.7 Å². The predicted molar refractivity (Wildman–Crippen MR) is 65.8 cm³/mol. The minimum absolute atomic E-state index is 0.0685. The summed E-state index contributed by atoms with van der Waals surface area (Å²) in [5.41, 5.74) is 4.32. The van der Waals surface area contributed by atoms with Gasteiger partial charge in [0.15, 0.2) is 0 Å². The van der Waals surface area contributed by atoms with Gasteiger partial charge in [-0.1, -0.05) is 5.04 Å². The third-order valence-corrected chi connectivity index (χ3v) is 3.15. The molecule has 0 saturated heterocycles. The van der Waals surface area contributed by atoms with Crippen LogP contribution in [0, 0.1) is 12.4 Å². The number of hydrogen-bond acceptors (Lipinski definition) is 7. The smallest absolute Gasteiger partial charge is 0.214 e. The van der Waals surface area contributed by atoms with E-state index in [1.54, 1.807) is 18.2 Å². The van der Waals surface area contributed by atoms with E-state index in [-0.39, 0.29) is 5.75 Å². The molecular weight excluding hydrogens is 256 g/mol. The quantitative estimate of drug-likeness (QED) is 0.337. The second kappa shape index (κ2) is 5.32. The third kappa shape index (κ3) is 2.29. The molecule has 2 rings (SSSR count). The summed E-state index contributed by atoms with van der Waals surface area (Å²) < 4.78 is 11.1. The topological polar surface area (TPSA) is 95.1 Å². The van der Waals surface area contributed by atoms with E-state index in [4.69, 9.17) is 6.67 Å². The molecule has 0 atom stereocenters. The number of phenols is 1. The zero-order valence-corrected chi connectivity index (χ0v) is 10.1. The van der Waals surface area contributed by atoms with Crippen LogP contribution in [0.5, 0.6) is 5.75 Å².